The second kappa shape index (κ2) is 9.44. The summed E-state index contributed by atoms with van der Waals surface area (Å²) < 4.78 is 11.1. The molecule has 0 saturated carbocycles. The minimum absolute atomic E-state index is 0.0149. The van der Waals surface area contributed by atoms with E-state index in [4.69, 9.17) is 9.47 Å². The molecular weight excluding hydrogens is 414 g/mol. The molecule has 0 fully saturated rings. The smallest absolute Gasteiger partial charge is 0.265 e. The zero-order valence-corrected chi connectivity index (χ0v) is 17.6. The lowest BCUT2D eigenvalue weighted by atomic mass is 10.1. The first-order valence-electron chi connectivity index (χ1n) is 9.76. The highest BCUT2D eigenvalue weighted by molar-refractivity contribution is 7.14. The van der Waals surface area contributed by atoms with E-state index in [9.17, 15) is 9.59 Å². The molecule has 0 bridgehead atoms. The van der Waals surface area contributed by atoms with Gasteiger partial charge in [-0.1, -0.05) is 24.3 Å². The molecule has 4 rings (SSSR count). The van der Waals surface area contributed by atoms with Crippen molar-refractivity contribution in [2.75, 3.05) is 30.0 Å². The third-order valence-corrected chi connectivity index (χ3v) is 5.36. The van der Waals surface area contributed by atoms with Gasteiger partial charge < -0.3 is 19.7 Å². The molecule has 1 aliphatic rings. The normalized spacial score (nSPS) is 12.6. The van der Waals surface area contributed by atoms with E-state index in [1.54, 1.807) is 11.0 Å². The van der Waals surface area contributed by atoms with Gasteiger partial charge >= 0.3 is 0 Å². The molecule has 2 heterocycles. The Morgan fingerprint density at radius 3 is 2.94 bits per heavy atom. The van der Waals surface area contributed by atoms with Gasteiger partial charge in [0.15, 0.2) is 11.7 Å². The predicted molar refractivity (Wildman–Crippen MR) is 121 cm³/mol. The van der Waals surface area contributed by atoms with Crippen molar-refractivity contribution in [1.82, 2.24) is 4.98 Å². The molecule has 31 heavy (non-hydrogen) atoms. The van der Waals surface area contributed by atoms with Gasteiger partial charge in [0.25, 0.3) is 5.91 Å². The maximum atomic E-state index is 12.2. The van der Waals surface area contributed by atoms with Crippen molar-refractivity contribution in [3.8, 4) is 22.8 Å². The van der Waals surface area contributed by atoms with Crippen LogP contribution >= 0.6 is 11.3 Å². The number of hydrogen-bond donors (Lipinski definition) is 1. The highest BCUT2D eigenvalue weighted by Crippen LogP contribution is 2.36. The lowest BCUT2D eigenvalue weighted by Gasteiger charge is -2.28. The maximum Gasteiger partial charge on any atom is 0.265 e. The van der Waals surface area contributed by atoms with Gasteiger partial charge in [-0.2, -0.15) is 0 Å². The number of nitrogens with zero attached hydrogens (tertiary/aromatic N) is 2. The molecule has 0 saturated heterocycles. The quantitative estimate of drug-likeness (QED) is 0.538. The average molecular weight is 436 g/mol. The highest BCUT2D eigenvalue weighted by atomic mass is 32.1. The van der Waals surface area contributed by atoms with Crippen LogP contribution in [0.3, 0.4) is 0 Å². The monoisotopic (exact) mass is 435 g/mol. The molecule has 2 amide bonds. The van der Waals surface area contributed by atoms with Crippen LogP contribution in [0.4, 0.5) is 10.8 Å². The van der Waals surface area contributed by atoms with Gasteiger partial charge in [0, 0.05) is 17.5 Å². The third-order valence-electron chi connectivity index (χ3n) is 4.60. The third kappa shape index (κ3) is 4.92. The summed E-state index contributed by atoms with van der Waals surface area (Å²) in [6.07, 6.45) is 1.90. The molecule has 158 valence electrons. The van der Waals surface area contributed by atoms with Crippen LogP contribution in [0, 0.1) is 0 Å². The molecule has 1 aliphatic heterocycles. The van der Waals surface area contributed by atoms with Gasteiger partial charge in [0.05, 0.1) is 24.4 Å². The van der Waals surface area contributed by atoms with Gasteiger partial charge in [-0.3, -0.25) is 9.59 Å². The number of anilines is 2. The topological polar surface area (TPSA) is 80.8 Å². The number of thiazole rings is 1. The minimum atomic E-state index is -0.168. The zero-order chi connectivity index (χ0) is 21.6. The number of carbonyl (C=O) groups excluding carboxylic acids is 2. The van der Waals surface area contributed by atoms with Crippen LogP contribution in [0.5, 0.6) is 11.5 Å². The van der Waals surface area contributed by atoms with Crippen LogP contribution in [-0.2, 0) is 9.59 Å². The number of fused-ring (bicyclic) bond motifs is 1. The summed E-state index contributed by atoms with van der Waals surface area (Å²) >= 11 is 1.34. The van der Waals surface area contributed by atoms with Gasteiger partial charge in [0.2, 0.25) is 5.91 Å². The Morgan fingerprint density at radius 1 is 1.29 bits per heavy atom. The molecule has 0 radical (unpaired) electrons. The van der Waals surface area contributed by atoms with E-state index >= 15 is 0 Å². The summed E-state index contributed by atoms with van der Waals surface area (Å²) in [6, 6.07) is 14.9. The van der Waals surface area contributed by atoms with Crippen molar-refractivity contribution in [3.63, 3.8) is 0 Å². The Morgan fingerprint density at radius 2 is 2.13 bits per heavy atom. The van der Waals surface area contributed by atoms with Crippen LogP contribution in [0.1, 0.15) is 6.42 Å². The molecule has 2 aromatic carbocycles. The Hall–Kier alpha value is -3.65. The molecule has 8 heteroatoms. The fourth-order valence-corrected chi connectivity index (χ4v) is 3.85. The van der Waals surface area contributed by atoms with E-state index in [1.165, 1.54) is 11.3 Å². The predicted octanol–water partition coefficient (Wildman–Crippen LogP) is 4.13. The second-order valence-corrected chi connectivity index (χ2v) is 7.62. The van der Waals surface area contributed by atoms with Crippen molar-refractivity contribution in [2.24, 2.45) is 0 Å². The van der Waals surface area contributed by atoms with Gasteiger partial charge in [-0.25, -0.2) is 4.98 Å². The van der Waals surface area contributed by atoms with E-state index in [2.05, 4.69) is 16.9 Å². The van der Waals surface area contributed by atoms with E-state index < -0.39 is 0 Å². The SMILES string of the molecule is C=CCN1C(=O)COc2ccc(-c3csc(NC(=O)CCOc4ccccc4)n3)cc21. The van der Waals surface area contributed by atoms with Gasteiger partial charge in [0.1, 0.15) is 11.5 Å². The summed E-state index contributed by atoms with van der Waals surface area (Å²) in [7, 11) is 0. The summed E-state index contributed by atoms with van der Waals surface area (Å²) in [4.78, 5) is 30.5. The molecule has 7 nitrogen and oxygen atoms in total. The Labute approximate surface area is 183 Å². The van der Waals surface area contributed by atoms with Crippen LogP contribution < -0.4 is 19.7 Å². The van der Waals surface area contributed by atoms with Crippen molar-refractivity contribution >= 4 is 34.0 Å². The zero-order valence-electron chi connectivity index (χ0n) is 16.7. The van der Waals surface area contributed by atoms with Crippen LogP contribution in [0.15, 0.2) is 66.6 Å². The standard InChI is InChI=1S/C23H21N3O4S/c1-2-11-26-19-13-16(8-9-20(19)30-14-22(26)28)18-15-31-23(24-18)25-21(27)10-12-29-17-6-4-3-5-7-17/h2-9,13,15H,1,10-12,14H2,(H,24,25,27). The Balaban J connectivity index is 1.40. The largest absolute Gasteiger partial charge is 0.493 e. The first-order valence-corrected chi connectivity index (χ1v) is 10.6. The van der Waals surface area contributed by atoms with Crippen molar-refractivity contribution < 1.29 is 19.1 Å². The number of nitrogens with one attached hydrogen (secondary N) is 1. The van der Waals surface area contributed by atoms with Gasteiger partial charge in [-0.05, 0) is 30.3 Å². The van der Waals surface area contributed by atoms with Crippen molar-refractivity contribution in [1.29, 1.82) is 0 Å². The number of ether oxygens (including phenoxy) is 2. The van der Waals surface area contributed by atoms with Crippen molar-refractivity contribution in [3.05, 3.63) is 66.6 Å². The molecule has 1 aromatic heterocycles. The number of carbonyl (C=O) groups is 2. The number of aromatic nitrogens is 1. The summed E-state index contributed by atoms with van der Waals surface area (Å²) in [5.74, 6) is 1.09. The first-order chi connectivity index (χ1) is 15.1. The fraction of sp³-hybridized carbons (Fsp3) is 0.174. The van der Waals surface area contributed by atoms with Gasteiger partial charge in [-0.15, -0.1) is 17.9 Å². The summed E-state index contributed by atoms with van der Waals surface area (Å²) in [6.45, 7) is 4.42. The molecule has 0 spiro atoms. The van der Waals surface area contributed by atoms with Crippen LogP contribution in [-0.4, -0.2) is 36.6 Å². The Bertz CT molecular complexity index is 1100. The minimum Gasteiger partial charge on any atom is -0.493 e. The Kier molecular flexibility index (Phi) is 6.28. The lowest BCUT2D eigenvalue weighted by Crippen LogP contribution is -2.38. The molecular formula is C23H21N3O4S. The van der Waals surface area contributed by atoms with E-state index in [0.29, 0.717) is 28.8 Å². The number of amides is 2. The van der Waals surface area contributed by atoms with Crippen molar-refractivity contribution in [2.45, 2.75) is 6.42 Å². The first kappa shape index (κ1) is 20.6. The number of rotatable bonds is 8. The highest BCUT2D eigenvalue weighted by Gasteiger charge is 2.25. The van der Waals surface area contributed by atoms with E-state index in [0.717, 1.165) is 11.3 Å². The molecule has 1 N–H and O–H groups in total. The average Bonchev–Trinajstić information content (AvgIpc) is 3.24. The molecule has 0 atom stereocenters. The maximum absolute atomic E-state index is 12.2. The number of para-hydroxylation sites is 1. The van der Waals surface area contributed by atoms with E-state index in [-0.39, 0.29) is 31.4 Å². The van der Waals surface area contributed by atoms with Crippen LogP contribution in [0.25, 0.3) is 11.3 Å². The number of hydrogen-bond acceptors (Lipinski definition) is 6. The second-order valence-electron chi connectivity index (χ2n) is 6.76. The number of benzene rings is 2. The molecule has 0 unspecified atom stereocenters. The van der Waals surface area contributed by atoms with E-state index in [1.807, 2.05) is 53.9 Å². The van der Waals surface area contributed by atoms with Crippen LogP contribution in [0.2, 0.25) is 0 Å². The summed E-state index contributed by atoms with van der Waals surface area (Å²) in [5, 5.41) is 5.17. The fourth-order valence-electron chi connectivity index (χ4n) is 3.11. The lowest BCUT2D eigenvalue weighted by molar-refractivity contribution is -0.121. The summed E-state index contributed by atoms with van der Waals surface area (Å²) in [5.41, 5.74) is 2.22. The molecule has 3 aromatic rings. The molecule has 0 aliphatic carbocycles.